The Morgan fingerprint density at radius 2 is 2.00 bits per heavy atom. The number of hydrogen-bond donors (Lipinski definition) is 0. The Bertz CT molecular complexity index is 664. The fourth-order valence-corrected chi connectivity index (χ4v) is 2.03. The predicted octanol–water partition coefficient (Wildman–Crippen LogP) is 2.69. The SMILES string of the molecule is Clc1nc2ccccc2c2nc(Br)nn12. The van der Waals surface area contributed by atoms with Crippen LogP contribution in [0.25, 0.3) is 16.6 Å². The topological polar surface area (TPSA) is 43.1 Å². The van der Waals surface area contributed by atoms with E-state index in [0.29, 0.717) is 15.7 Å². The van der Waals surface area contributed by atoms with Crippen molar-refractivity contribution in [3.05, 3.63) is 34.3 Å². The Morgan fingerprint density at radius 1 is 1.20 bits per heavy atom. The van der Waals surface area contributed by atoms with Gasteiger partial charge in [0.25, 0.3) is 0 Å². The van der Waals surface area contributed by atoms with Crippen LogP contribution in [0, 0.1) is 0 Å². The summed E-state index contributed by atoms with van der Waals surface area (Å²) in [4.78, 5) is 8.47. The Labute approximate surface area is 98.0 Å². The first kappa shape index (κ1) is 9.06. The zero-order chi connectivity index (χ0) is 10.4. The summed E-state index contributed by atoms with van der Waals surface area (Å²) in [6.07, 6.45) is 0. The van der Waals surface area contributed by atoms with Crippen molar-refractivity contribution in [1.82, 2.24) is 19.6 Å². The second-order valence-corrected chi connectivity index (χ2v) is 4.06. The minimum absolute atomic E-state index is 0.307. The second-order valence-electron chi connectivity index (χ2n) is 3.01. The molecule has 4 nitrogen and oxygen atoms in total. The molecule has 2 heterocycles. The van der Waals surface area contributed by atoms with Crippen LogP contribution >= 0.6 is 27.5 Å². The molecular formula is C9H4BrClN4. The van der Waals surface area contributed by atoms with Gasteiger partial charge in [-0.1, -0.05) is 12.1 Å². The quantitative estimate of drug-likeness (QED) is 0.596. The Morgan fingerprint density at radius 3 is 2.87 bits per heavy atom. The maximum Gasteiger partial charge on any atom is 0.226 e. The minimum atomic E-state index is 0.307. The lowest BCUT2D eigenvalue weighted by Crippen LogP contribution is -1.94. The molecule has 74 valence electrons. The van der Waals surface area contributed by atoms with Gasteiger partial charge >= 0.3 is 0 Å². The molecule has 0 bridgehead atoms. The molecule has 0 amide bonds. The highest BCUT2D eigenvalue weighted by atomic mass is 79.9. The van der Waals surface area contributed by atoms with Gasteiger partial charge in [0.2, 0.25) is 10.0 Å². The van der Waals surface area contributed by atoms with Gasteiger partial charge in [-0.3, -0.25) is 0 Å². The van der Waals surface area contributed by atoms with Gasteiger partial charge in [0.15, 0.2) is 5.65 Å². The number of halogens is 2. The number of hydrogen-bond acceptors (Lipinski definition) is 3. The Balaban J connectivity index is 2.63. The summed E-state index contributed by atoms with van der Waals surface area (Å²) < 4.78 is 2.01. The fraction of sp³-hybridized carbons (Fsp3) is 0. The molecule has 0 N–H and O–H groups in total. The van der Waals surface area contributed by atoms with Crippen molar-refractivity contribution in [1.29, 1.82) is 0 Å². The molecule has 0 saturated heterocycles. The molecule has 0 aliphatic rings. The molecule has 2 aromatic heterocycles. The van der Waals surface area contributed by atoms with Gasteiger partial charge in [0.1, 0.15) is 0 Å². The third kappa shape index (κ3) is 1.31. The van der Waals surface area contributed by atoms with Crippen molar-refractivity contribution >= 4 is 44.1 Å². The molecule has 0 aliphatic carbocycles. The van der Waals surface area contributed by atoms with Crippen LogP contribution in [0.15, 0.2) is 29.0 Å². The van der Waals surface area contributed by atoms with Crippen LogP contribution in [0.5, 0.6) is 0 Å². The minimum Gasteiger partial charge on any atom is -0.218 e. The molecular weight excluding hydrogens is 279 g/mol. The lowest BCUT2D eigenvalue weighted by molar-refractivity contribution is 0.922. The first-order valence-electron chi connectivity index (χ1n) is 4.22. The standard InChI is InChI=1S/C9H4BrClN4/c10-8-13-7-5-3-1-2-4-6(5)12-9(11)15(7)14-8/h1-4H. The molecule has 0 spiro atoms. The van der Waals surface area contributed by atoms with Crippen molar-refractivity contribution in [3.8, 4) is 0 Å². The van der Waals surface area contributed by atoms with E-state index < -0.39 is 0 Å². The molecule has 0 unspecified atom stereocenters. The molecule has 15 heavy (non-hydrogen) atoms. The van der Waals surface area contributed by atoms with Gasteiger partial charge < -0.3 is 0 Å². The van der Waals surface area contributed by atoms with Crippen LogP contribution in [-0.4, -0.2) is 19.6 Å². The van der Waals surface area contributed by atoms with E-state index in [1.807, 2.05) is 24.3 Å². The number of aromatic nitrogens is 4. The Kier molecular flexibility index (Phi) is 1.90. The zero-order valence-electron chi connectivity index (χ0n) is 7.35. The third-order valence-corrected chi connectivity index (χ3v) is 2.69. The van der Waals surface area contributed by atoms with E-state index in [0.717, 1.165) is 10.9 Å². The number of rotatable bonds is 0. The van der Waals surface area contributed by atoms with E-state index in [1.165, 1.54) is 4.52 Å². The first-order valence-corrected chi connectivity index (χ1v) is 5.39. The number of benzene rings is 1. The van der Waals surface area contributed by atoms with Gasteiger partial charge in [-0.15, -0.1) is 5.10 Å². The Hall–Kier alpha value is -1.20. The average Bonchev–Trinajstić information content (AvgIpc) is 2.61. The molecule has 0 radical (unpaired) electrons. The summed E-state index contributed by atoms with van der Waals surface area (Å²) in [5.74, 6) is 0. The normalized spacial score (nSPS) is 11.3. The van der Waals surface area contributed by atoms with Crippen LogP contribution in [0.3, 0.4) is 0 Å². The number of para-hydroxylation sites is 1. The maximum atomic E-state index is 5.98. The molecule has 6 heteroatoms. The summed E-state index contributed by atoms with van der Waals surface area (Å²) in [5, 5.41) is 5.33. The monoisotopic (exact) mass is 282 g/mol. The summed E-state index contributed by atoms with van der Waals surface area (Å²) >= 11 is 9.19. The van der Waals surface area contributed by atoms with Crippen LogP contribution in [0.4, 0.5) is 0 Å². The first-order chi connectivity index (χ1) is 7.25. The van der Waals surface area contributed by atoms with Crippen LogP contribution in [-0.2, 0) is 0 Å². The third-order valence-electron chi connectivity index (χ3n) is 2.11. The highest BCUT2D eigenvalue weighted by Crippen LogP contribution is 2.21. The molecule has 3 rings (SSSR count). The number of nitrogens with zero attached hydrogens (tertiary/aromatic N) is 4. The van der Waals surface area contributed by atoms with Gasteiger partial charge in [-0.05, 0) is 39.7 Å². The van der Waals surface area contributed by atoms with Crippen LogP contribution < -0.4 is 0 Å². The second kappa shape index (κ2) is 3.15. The molecule has 3 aromatic rings. The molecule has 0 saturated carbocycles. The van der Waals surface area contributed by atoms with E-state index in [-0.39, 0.29) is 0 Å². The zero-order valence-corrected chi connectivity index (χ0v) is 9.70. The summed E-state index contributed by atoms with van der Waals surface area (Å²) in [5.41, 5.74) is 1.52. The highest BCUT2D eigenvalue weighted by Gasteiger charge is 2.09. The van der Waals surface area contributed by atoms with Crippen molar-refractivity contribution in [2.45, 2.75) is 0 Å². The lowest BCUT2D eigenvalue weighted by Gasteiger charge is -1.99. The molecule has 1 aromatic carbocycles. The smallest absolute Gasteiger partial charge is 0.218 e. The molecule has 0 fully saturated rings. The van der Waals surface area contributed by atoms with Gasteiger partial charge in [0, 0.05) is 5.39 Å². The van der Waals surface area contributed by atoms with Crippen molar-refractivity contribution < 1.29 is 0 Å². The molecule has 0 aliphatic heterocycles. The van der Waals surface area contributed by atoms with Gasteiger partial charge in [-0.25, -0.2) is 9.97 Å². The van der Waals surface area contributed by atoms with Crippen molar-refractivity contribution in [2.75, 3.05) is 0 Å². The van der Waals surface area contributed by atoms with Gasteiger partial charge in [0.05, 0.1) is 5.52 Å². The number of fused-ring (bicyclic) bond motifs is 3. The maximum absolute atomic E-state index is 5.98. The van der Waals surface area contributed by atoms with Crippen LogP contribution in [0.1, 0.15) is 0 Å². The average molecular weight is 284 g/mol. The van der Waals surface area contributed by atoms with E-state index in [1.54, 1.807) is 0 Å². The van der Waals surface area contributed by atoms with E-state index >= 15 is 0 Å². The van der Waals surface area contributed by atoms with Crippen molar-refractivity contribution in [2.24, 2.45) is 0 Å². The summed E-state index contributed by atoms with van der Waals surface area (Å²) in [6, 6.07) is 7.67. The largest absolute Gasteiger partial charge is 0.226 e. The fourth-order valence-electron chi connectivity index (χ4n) is 1.50. The van der Waals surface area contributed by atoms with Crippen molar-refractivity contribution in [3.63, 3.8) is 0 Å². The summed E-state index contributed by atoms with van der Waals surface area (Å²) in [7, 11) is 0. The van der Waals surface area contributed by atoms with Gasteiger partial charge in [-0.2, -0.15) is 4.52 Å². The van der Waals surface area contributed by atoms with Crippen LogP contribution in [0.2, 0.25) is 5.28 Å². The lowest BCUT2D eigenvalue weighted by atomic mass is 10.2. The van der Waals surface area contributed by atoms with E-state index in [2.05, 4.69) is 31.0 Å². The van der Waals surface area contributed by atoms with E-state index in [4.69, 9.17) is 11.6 Å². The molecule has 0 atom stereocenters. The van der Waals surface area contributed by atoms with E-state index in [9.17, 15) is 0 Å². The summed E-state index contributed by atoms with van der Waals surface area (Å²) in [6.45, 7) is 0. The predicted molar refractivity (Wildman–Crippen MR) is 61.0 cm³/mol. The highest BCUT2D eigenvalue weighted by molar-refractivity contribution is 9.10.